The highest BCUT2D eigenvalue weighted by molar-refractivity contribution is 5.76. The van der Waals surface area contributed by atoms with Crippen LogP contribution in [0.25, 0.3) is 0 Å². The smallest absolute Gasteiger partial charge is 0.220 e. The quantitative estimate of drug-likeness (QED) is 0.0430. The van der Waals surface area contributed by atoms with Crippen LogP contribution in [0.15, 0.2) is 12.2 Å². The van der Waals surface area contributed by atoms with Crippen LogP contribution in [0.4, 0.5) is 0 Å². The monoisotopic (exact) mass is 568 g/mol. The second-order valence-corrected chi connectivity index (χ2v) is 12.3. The molecular formula is C36H71NO3. The molecule has 0 saturated heterocycles. The molecule has 238 valence electrons. The highest BCUT2D eigenvalue weighted by atomic mass is 16.4. The van der Waals surface area contributed by atoms with E-state index in [0.717, 1.165) is 25.7 Å². The van der Waals surface area contributed by atoms with E-state index in [4.69, 9.17) is 0 Å². The highest BCUT2D eigenvalue weighted by Gasteiger charge is 2.17. The molecule has 4 nitrogen and oxygen atoms in total. The minimum Gasteiger partial charge on any atom is -0.394 e. The second-order valence-electron chi connectivity index (χ2n) is 12.3. The number of allylic oxidation sites excluding steroid dienone is 1. The maximum atomic E-state index is 12.3. The lowest BCUT2D eigenvalue weighted by Gasteiger charge is -2.20. The zero-order valence-corrected chi connectivity index (χ0v) is 27.1. The predicted molar refractivity (Wildman–Crippen MR) is 175 cm³/mol. The number of hydrogen-bond donors (Lipinski definition) is 3. The number of carbonyl (C=O) groups excluding carboxylic acids is 1. The topological polar surface area (TPSA) is 69.6 Å². The van der Waals surface area contributed by atoms with E-state index in [9.17, 15) is 15.0 Å². The zero-order valence-electron chi connectivity index (χ0n) is 27.1. The first-order valence-electron chi connectivity index (χ1n) is 17.9. The van der Waals surface area contributed by atoms with Gasteiger partial charge in [0.2, 0.25) is 5.91 Å². The fraction of sp³-hybridized carbons (Fsp3) is 0.917. The van der Waals surface area contributed by atoms with E-state index >= 15 is 0 Å². The standard InChI is InChI=1S/C36H71NO3/c1-3-5-7-9-11-13-15-17-18-20-22-24-26-28-30-32-36(40)37-34(33-38)35(39)31-29-27-25-23-21-19-16-14-12-10-8-6-4-2/h29,31,34-35,38-39H,3-28,30,32-33H2,1-2H3,(H,37,40)/t34-,35+/m0/s1/i33+1,34+1. The van der Waals surface area contributed by atoms with Crippen molar-refractivity contribution in [3.8, 4) is 0 Å². The number of hydrogen-bond acceptors (Lipinski definition) is 3. The van der Waals surface area contributed by atoms with E-state index < -0.39 is 12.1 Å². The molecule has 0 unspecified atom stereocenters. The van der Waals surface area contributed by atoms with Crippen molar-refractivity contribution < 1.29 is 15.0 Å². The van der Waals surface area contributed by atoms with Crippen molar-refractivity contribution in [1.82, 2.24) is 5.32 Å². The van der Waals surface area contributed by atoms with E-state index in [1.807, 2.05) is 6.08 Å². The number of unbranched alkanes of at least 4 members (excludes halogenated alkanes) is 25. The van der Waals surface area contributed by atoms with Gasteiger partial charge in [0, 0.05) is 6.42 Å². The van der Waals surface area contributed by atoms with Crippen LogP contribution in [0, 0.1) is 0 Å². The van der Waals surface area contributed by atoms with Gasteiger partial charge in [0.25, 0.3) is 0 Å². The summed E-state index contributed by atoms with van der Waals surface area (Å²) >= 11 is 0. The Balaban J connectivity index is 3.60. The Labute approximate surface area is 250 Å². The summed E-state index contributed by atoms with van der Waals surface area (Å²) in [6, 6.07) is -0.614. The summed E-state index contributed by atoms with van der Waals surface area (Å²) in [7, 11) is 0. The molecule has 0 aromatic carbocycles. The molecule has 0 rings (SSSR count). The Hall–Kier alpha value is -0.870. The van der Waals surface area contributed by atoms with Crippen molar-refractivity contribution in [3.05, 3.63) is 12.2 Å². The molecule has 0 heterocycles. The van der Waals surface area contributed by atoms with E-state index in [-0.39, 0.29) is 12.5 Å². The van der Waals surface area contributed by atoms with Gasteiger partial charge in [-0.2, -0.15) is 0 Å². The lowest BCUT2D eigenvalue weighted by molar-refractivity contribution is -0.123. The first-order chi connectivity index (χ1) is 19.7. The van der Waals surface area contributed by atoms with Crippen molar-refractivity contribution in [2.24, 2.45) is 0 Å². The fourth-order valence-electron chi connectivity index (χ4n) is 5.47. The van der Waals surface area contributed by atoms with Crippen LogP contribution in [0.1, 0.15) is 194 Å². The number of aliphatic hydroxyl groups is 2. The summed E-state index contributed by atoms with van der Waals surface area (Å²) in [4.78, 5) is 12.3. The molecule has 0 spiro atoms. The molecule has 0 aliphatic heterocycles. The van der Waals surface area contributed by atoms with E-state index in [2.05, 4.69) is 19.2 Å². The molecule has 0 aliphatic carbocycles. The van der Waals surface area contributed by atoms with Gasteiger partial charge in [0.15, 0.2) is 0 Å². The number of nitrogens with one attached hydrogen (secondary N) is 1. The predicted octanol–water partition coefficient (Wildman–Crippen LogP) is 10.3. The van der Waals surface area contributed by atoms with Crippen molar-refractivity contribution >= 4 is 5.91 Å². The van der Waals surface area contributed by atoms with Crippen LogP contribution in [-0.2, 0) is 4.79 Å². The van der Waals surface area contributed by atoms with Gasteiger partial charge in [-0.15, -0.1) is 0 Å². The molecule has 0 saturated carbocycles. The van der Waals surface area contributed by atoms with Gasteiger partial charge in [0.1, 0.15) is 0 Å². The van der Waals surface area contributed by atoms with Gasteiger partial charge in [-0.05, 0) is 19.3 Å². The third-order valence-electron chi connectivity index (χ3n) is 8.27. The summed E-state index contributed by atoms with van der Waals surface area (Å²) in [5.41, 5.74) is 0. The first-order valence-corrected chi connectivity index (χ1v) is 17.9. The van der Waals surface area contributed by atoms with Crippen molar-refractivity contribution in [1.29, 1.82) is 0 Å². The lowest BCUT2D eigenvalue weighted by atomic mass is 10.0. The third-order valence-corrected chi connectivity index (χ3v) is 8.27. The molecule has 2 atom stereocenters. The summed E-state index contributed by atoms with van der Waals surface area (Å²) in [6.07, 6.45) is 38.6. The SMILES string of the molecule is CCCCCCCCCCCCCC=C[C@@H](O)[13C@H]([13CH2]O)NC(=O)CCCCCCCCCCCCCCCCC. The summed E-state index contributed by atoms with van der Waals surface area (Å²) in [5, 5.41) is 22.8. The van der Waals surface area contributed by atoms with Crippen LogP contribution in [0.2, 0.25) is 0 Å². The number of amides is 1. The van der Waals surface area contributed by atoms with Crippen molar-refractivity contribution in [2.45, 2.75) is 206 Å². The van der Waals surface area contributed by atoms with Gasteiger partial charge in [-0.25, -0.2) is 0 Å². The average Bonchev–Trinajstić information content (AvgIpc) is 2.96. The maximum Gasteiger partial charge on any atom is 0.220 e. The van der Waals surface area contributed by atoms with Gasteiger partial charge >= 0.3 is 0 Å². The molecule has 40 heavy (non-hydrogen) atoms. The Kier molecular flexibility index (Phi) is 31.9. The van der Waals surface area contributed by atoms with Crippen LogP contribution >= 0.6 is 0 Å². The molecular weight excluding hydrogens is 496 g/mol. The molecule has 0 aromatic heterocycles. The zero-order chi connectivity index (χ0) is 29.4. The molecule has 1 amide bonds. The maximum absolute atomic E-state index is 12.3. The minimum absolute atomic E-state index is 0.0634. The van der Waals surface area contributed by atoms with E-state index in [1.54, 1.807) is 6.08 Å². The van der Waals surface area contributed by atoms with Gasteiger partial charge in [0.05, 0.1) is 18.8 Å². The Morgan fingerprint density at radius 3 is 1.30 bits per heavy atom. The number of carbonyl (C=O) groups is 1. The number of rotatable bonds is 32. The molecule has 3 N–H and O–H groups in total. The average molecular weight is 568 g/mol. The summed E-state index contributed by atoms with van der Waals surface area (Å²) < 4.78 is 0. The second kappa shape index (κ2) is 32.6. The Morgan fingerprint density at radius 2 is 0.925 bits per heavy atom. The first kappa shape index (κ1) is 39.1. The molecule has 4 heteroatoms. The van der Waals surface area contributed by atoms with Crippen LogP contribution in [0.3, 0.4) is 0 Å². The summed E-state index contributed by atoms with van der Waals surface area (Å²) in [6.45, 7) is 4.30. The van der Waals surface area contributed by atoms with Gasteiger partial charge < -0.3 is 15.5 Å². The Bertz CT molecular complexity index is 536. The van der Waals surface area contributed by atoms with Crippen molar-refractivity contribution in [3.63, 3.8) is 0 Å². The molecule has 0 aliphatic rings. The highest BCUT2D eigenvalue weighted by Crippen LogP contribution is 2.14. The normalized spacial score (nSPS) is 13.2. The van der Waals surface area contributed by atoms with Crippen LogP contribution in [0.5, 0.6) is 0 Å². The third kappa shape index (κ3) is 28.7. The van der Waals surface area contributed by atoms with Gasteiger partial charge in [-0.3, -0.25) is 4.79 Å². The largest absolute Gasteiger partial charge is 0.394 e. The minimum atomic E-state index is -0.831. The summed E-state index contributed by atoms with van der Waals surface area (Å²) in [5.74, 6) is -0.0634. The molecule has 0 bridgehead atoms. The molecule has 0 radical (unpaired) electrons. The van der Waals surface area contributed by atoms with Crippen molar-refractivity contribution in [2.75, 3.05) is 6.61 Å². The molecule has 0 fully saturated rings. The van der Waals surface area contributed by atoms with Crippen LogP contribution < -0.4 is 5.32 Å². The van der Waals surface area contributed by atoms with Crippen LogP contribution in [-0.4, -0.2) is 34.9 Å². The van der Waals surface area contributed by atoms with Gasteiger partial charge in [-0.1, -0.05) is 180 Å². The Morgan fingerprint density at radius 1 is 0.575 bits per heavy atom. The molecule has 0 aromatic rings. The lowest BCUT2D eigenvalue weighted by Crippen LogP contribution is -2.45. The number of aliphatic hydroxyl groups excluding tert-OH is 2. The fourth-order valence-corrected chi connectivity index (χ4v) is 5.47. The van der Waals surface area contributed by atoms with E-state index in [0.29, 0.717) is 6.42 Å². The van der Waals surface area contributed by atoms with E-state index in [1.165, 1.54) is 148 Å².